The summed E-state index contributed by atoms with van der Waals surface area (Å²) < 4.78 is 12.7. The highest BCUT2D eigenvalue weighted by Gasteiger charge is 2.15. The summed E-state index contributed by atoms with van der Waals surface area (Å²) in [5, 5.41) is 4.89. The largest absolute Gasteiger partial charge is 0.344 e. The molecule has 94 valence electrons. The number of nitrogens with one attached hydrogen (secondary N) is 1. The molecule has 1 amide bonds. The van der Waals surface area contributed by atoms with Crippen molar-refractivity contribution in [3.05, 3.63) is 52.2 Å². The Balaban J connectivity index is 2.08. The number of rotatable bonds is 4. The Morgan fingerprint density at radius 1 is 1.50 bits per heavy atom. The molecule has 1 unspecified atom stereocenters. The number of halogens is 1. The van der Waals surface area contributed by atoms with Crippen molar-refractivity contribution < 1.29 is 9.18 Å². The molecule has 0 aliphatic heterocycles. The Labute approximate surface area is 109 Å². The van der Waals surface area contributed by atoms with Crippen molar-refractivity contribution in [3.8, 4) is 0 Å². The molecule has 1 N–H and O–H groups in total. The molecule has 18 heavy (non-hydrogen) atoms. The Kier molecular flexibility index (Phi) is 4.04. The van der Waals surface area contributed by atoms with E-state index in [0.29, 0.717) is 5.56 Å². The molecule has 5 heteroatoms. The maximum atomic E-state index is 12.7. The zero-order valence-corrected chi connectivity index (χ0v) is 10.7. The van der Waals surface area contributed by atoms with Gasteiger partial charge in [0.15, 0.2) is 0 Å². The summed E-state index contributed by atoms with van der Waals surface area (Å²) in [6.45, 7) is 2.01. The van der Waals surface area contributed by atoms with E-state index in [9.17, 15) is 9.18 Å². The fraction of sp³-hybridized carbons (Fsp3) is 0.231. The van der Waals surface area contributed by atoms with Gasteiger partial charge in [0.1, 0.15) is 0 Å². The molecule has 0 bridgehead atoms. The molecule has 0 aliphatic carbocycles. The van der Waals surface area contributed by atoms with Gasteiger partial charge in [0.2, 0.25) is 5.95 Å². The van der Waals surface area contributed by atoms with Crippen molar-refractivity contribution in [3.63, 3.8) is 0 Å². The van der Waals surface area contributed by atoms with Gasteiger partial charge in [-0.1, -0.05) is 13.0 Å². The SMILES string of the molecule is CCC(NC(=O)c1ccc(F)nc1)c1cccs1. The van der Waals surface area contributed by atoms with Crippen molar-refractivity contribution in [1.29, 1.82) is 0 Å². The number of hydrogen-bond acceptors (Lipinski definition) is 3. The van der Waals surface area contributed by atoms with Crippen LogP contribution in [0.1, 0.15) is 34.6 Å². The van der Waals surface area contributed by atoms with E-state index in [-0.39, 0.29) is 11.9 Å². The Hall–Kier alpha value is -1.75. The topological polar surface area (TPSA) is 42.0 Å². The third-order valence-electron chi connectivity index (χ3n) is 2.59. The minimum absolute atomic E-state index is 0.0115. The monoisotopic (exact) mass is 264 g/mol. The maximum absolute atomic E-state index is 12.7. The molecular weight excluding hydrogens is 251 g/mol. The molecule has 2 rings (SSSR count). The van der Waals surface area contributed by atoms with E-state index >= 15 is 0 Å². The third kappa shape index (κ3) is 2.92. The first-order chi connectivity index (χ1) is 8.70. The predicted octanol–water partition coefficient (Wildman–Crippen LogP) is 3.16. The summed E-state index contributed by atoms with van der Waals surface area (Å²) in [5.41, 5.74) is 0.367. The van der Waals surface area contributed by atoms with E-state index in [2.05, 4.69) is 10.3 Å². The summed E-state index contributed by atoms with van der Waals surface area (Å²) in [6, 6.07) is 6.54. The van der Waals surface area contributed by atoms with Crippen LogP contribution in [0.2, 0.25) is 0 Å². The van der Waals surface area contributed by atoms with Crippen LogP contribution in [0.4, 0.5) is 4.39 Å². The van der Waals surface area contributed by atoms with E-state index in [1.807, 2.05) is 24.4 Å². The Bertz CT molecular complexity index is 510. The first-order valence-electron chi connectivity index (χ1n) is 5.66. The Morgan fingerprint density at radius 2 is 2.33 bits per heavy atom. The van der Waals surface area contributed by atoms with Crippen molar-refractivity contribution in [2.75, 3.05) is 0 Å². The standard InChI is InChI=1S/C13H13FN2OS/c1-2-10(11-4-3-7-18-11)16-13(17)9-5-6-12(14)15-8-9/h3-8,10H,2H2,1H3,(H,16,17). The van der Waals surface area contributed by atoms with Gasteiger partial charge in [-0.3, -0.25) is 4.79 Å². The first-order valence-corrected chi connectivity index (χ1v) is 6.54. The summed E-state index contributed by atoms with van der Waals surface area (Å²) >= 11 is 1.60. The minimum Gasteiger partial charge on any atom is -0.344 e. The number of thiophene rings is 1. The number of hydrogen-bond donors (Lipinski definition) is 1. The number of carbonyl (C=O) groups excluding carboxylic acids is 1. The van der Waals surface area contributed by atoms with Gasteiger partial charge < -0.3 is 5.32 Å². The lowest BCUT2D eigenvalue weighted by Gasteiger charge is -2.15. The van der Waals surface area contributed by atoms with Crippen molar-refractivity contribution in [1.82, 2.24) is 10.3 Å². The van der Waals surface area contributed by atoms with Crippen LogP contribution in [0.5, 0.6) is 0 Å². The van der Waals surface area contributed by atoms with Crippen LogP contribution in [0, 0.1) is 5.95 Å². The van der Waals surface area contributed by atoms with Gasteiger partial charge in [-0.25, -0.2) is 4.98 Å². The normalized spacial score (nSPS) is 12.1. The van der Waals surface area contributed by atoms with Crippen LogP contribution < -0.4 is 5.32 Å². The van der Waals surface area contributed by atoms with Gasteiger partial charge >= 0.3 is 0 Å². The lowest BCUT2D eigenvalue weighted by molar-refractivity contribution is 0.0936. The van der Waals surface area contributed by atoms with Crippen LogP contribution in [0.3, 0.4) is 0 Å². The second kappa shape index (κ2) is 5.73. The molecule has 0 aliphatic rings. The van der Waals surface area contributed by atoms with E-state index in [4.69, 9.17) is 0 Å². The number of pyridine rings is 1. The molecule has 0 saturated heterocycles. The van der Waals surface area contributed by atoms with Gasteiger partial charge in [-0.15, -0.1) is 11.3 Å². The highest BCUT2D eigenvalue weighted by Crippen LogP contribution is 2.21. The van der Waals surface area contributed by atoms with Gasteiger partial charge in [0.25, 0.3) is 5.91 Å². The first kappa shape index (κ1) is 12.7. The van der Waals surface area contributed by atoms with Gasteiger partial charge in [-0.2, -0.15) is 4.39 Å². The Morgan fingerprint density at radius 3 is 2.89 bits per heavy atom. The molecule has 0 spiro atoms. The van der Waals surface area contributed by atoms with Gasteiger partial charge in [0.05, 0.1) is 11.6 Å². The fourth-order valence-corrected chi connectivity index (χ4v) is 2.48. The van der Waals surface area contributed by atoms with E-state index < -0.39 is 5.95 Å². The molecule has 1 atom stereocenters. The molecule has 2 heterocycles. The number of aromatic nitrogens is 1. The van der Waals surface area contributed by atoms with E-state index in [1.165, 1.54) is 18.3 Å². The minimum atomic E-state index is -0.586. The van der Waals surface area contributed by atoms with Gasteiger partial charge in [0, 0.05) is 11.1 Å². The molecular formula is C13H13FN2OS. The van der Waals surface area contributed by atoms with Crippen LogP contribution in [0.15, 0.2) is 35.8 Å². The lowest BCUT2D eigenvalue weighted by Crippen LogP contribution is -2.27. The highest BCUT2D eigenvalue weighted by molar-refractivity contribution is 7.10. The van der Waals surface area contributed by atoms with Crippen molar-refractivity contribution in [2.45, 2.75) is 19.4 Å². The van der Waals surface area contributed by atoms with Crippen molar-refractivity contribution >= 4 is 17.2 Å². The molecule has 0 saturated carbocycles. The van der Waals surface area contributed by atoms with E-state index in [0.717, 1.165) is 11.3 Å². The zero-order chi connectivity index (χ0) is 13.0. The van der Waals surface area contributed by atoms with Gasteiger partial charge in [-0.05, 0) is 30.0 Å². The summed E-state index contributed by atoms with van der Waals surface area (Å²) in [4.78, 5) is 16.5. The number of nitrogens with zero attached hydrogens (tertiary/aromatic N) is 1. The quantitative estimate of drug-likeness (QED) is 0.862. The molecule has 0 fully saturated rings. The summed E-state index contributed by atoms with van der Waals surface area (Å²) in [5.74, 6) is -0.820. The zero-order valence-electron chi connectivity index (χ0n) is 9.89. The number of carbonyl (C=O) groups is 1. The summed E-state index contributed by atoms with van der Waals surface area (Å²) in [6.07, 6.45) is 2.05. The lowest BCUT2D eigenvalue weighted by atomic mass is 10.1. The van der Waals surface area contributed by atoms with Crippen LogP contribution >= 0.6 is 11.3 Å². The highest BCUT2D eigenvalue weighted by atomic mass is 32.1. The molecule has 3 nitrogen and oxygen atoms in total. The van der Waals surface area contributed by atoms with Crippen molar-refractivity contribution in [2.24, 2.45) is 0 Å². The second-order valence-electron chi connectivity index (χ2n) is 3.82. The fourth-order valence-electron chi connectivity index (χ4n) is 1.62. The van der Waals surface area contributed by atoms with Crippen LogP contribution in [0.25, 0.3) is 0 Å². The molecule has 0 radical (unpaired) electrons. The predicted molar refractivity (Wildman–Crippen MR) is 69.0 cm³/mol. The maximum Gasteiger partial charge on any atom is 0.253 e. The van der Waals surface area contributed by atoms with E-state index in [1.54, 1.807) is 11.3 Å². The van der Waals surface area contributed by atoms with Crippen LogP contribution in [-0.2, 0) is 0 Å². The average Bonchev–Trinajstić information content (AvgIpc) is 2.90. The third-order valence-corrected chi connectivity index (χ3v) is 3.58. The molecule has 2 aromatic rings. The average molecular weight is 264 g/mol. The molecule has 2 aromatic heterocycles. The number of amides is 1. The summed E-state index contributed by atoms with van der Waals surface area (Å²) in [7, 11) is 0. The molecule has 0 aromatic carbocycles. The van der Waals surface area contributed by atoms with Crippen LogP contribution in [-0.4, -0.2) is 10.9 Å². The smallest absolute Gasteiger partial charge is 0.253 e. The second-order valence-corrected chi connectivity index (χ2v) is 4.80.